The van der Waals surface area contributed by atoms with Gasteiger partial charge in [0.15, 0.2) is 0 Å². The quantitative estimate of drug-likeness (QED) is 0.604. The van der Waals surface area contributed by atoms with E-state index in [1.54, 1.807) is 23.9 Å². The fraction of sp³-hybridized carbons (Fsp3) is 0.346. The van der Waals surface area contributed by atoms with Crippen LogP contribution in [0.25, 0.3) is 0 Å². The van der Waals surface area contributed by atoms with Gasteiger partial charge in [0, 0.05) is 24.1 Å². The Morgan fingerprint density at radius 3 is 2.52 bits per heavy atom. The molecule has 0 saturated carbocycles. The second kappa shape index (κ2) is 9.10. The Kier molecular flexibility index (Phi) is 6.22. The molecule has 7 nitrogen and oxygen atoms in total. The fourth-order valence-electron chi connectivity index (χ4n) is 4.60. The summed E-state index contributed by atoms with van der Waals surface area (Å²) in [4.78, 5) is 26.5. The highest BCUT2D eigenvalue weighted by Crippen LogP contribution is 2.39. The highest BCUT2D eigenvalue weighted by atomic mass is 16.5. The minimum absolute atomic E-state index is 0.257. The van der Waals surface area contributed by atoms with Gasteiger partial charge in [-0.05, 0) is 54.7 Å². The van der Waals surface area contributed by atoms with Crippen LogP contribution in [0.5, 0.6) is 5.75 Å². The highest BCUT2D eigenvalue weighted by molar-refractivity contribution is 6.04. The number of aromatic nitrogens is 2. The van der Waals surface area contributed by atoms with Gasteiger partial charge in [0.1, 0.15) is 17.6 Å². The maximum Gasteiger partial charge on any atom is 0.251 e. The summed E-state index contributed by atoms with van der Waals surface area (Å²) >= 11 is 0. The Labute approximate surface area is 194 Å². The molecule has 1 aromatic heterocycles. The first kappa shape index (κ1) is 22.6. The third kappa shape index (κ3) is 4.11. The predicted octanol–water partition coefficient (Wildman–Crippen LogP) is 3.74. The van der Waals surface area contributed by atoms with Crippen LogP contribution < -0.4 is 15.4 Å². The van der Waals surface area contributed by atoms with E-state index in [1.807, 2.05) is 39.1 Å². The maximum atomic E-state index is 13.3. The molecular weight excluding hydrogens is 416 g/mol. The van der Waals surface area contributed by atoms with Gasteiger partial charge in [0.2, 0.25) is 5.91 Å². The van der Waals surface area contributed by atoms with Crippen LogP contribution in [0.4, 0.5) is 5.82 Å². The standard InChI is InChI=1S/C26H30N4O3/c1-6-16-8-10-18(11-9-16)22-21-15(3)29-30(4)24(21)28-26(32)23(22)27-25(31)19-12-13-20(33-5)17(7-2)14-19/h8-14,22-23H,6-7H2,1-5H3,(H,27,31)(H,28,32)/t22-,23+/m1/s1. The number of anilines is 1. The number of aryl methyl sites for hydroxylation is 4. The van der Waals surface area contributed by atoms with Crippen LogP contribution in [-0.4, -0.2) is 34.7 Å². The molecule has 7 heteroatoms. The number of benzene rings is 2. The van der Waals surface area contributed by atoms with Crippen molar-refractivity contribution in [2.24, 2.45) is 7.05 Å². The molecule has 2 heterocycles. The van der Waals surface area contributed by atoms with Crippen LogP contribution in [0.3, 0.4) is 0 Å². The second-order valence-electron chi connectivity index (χ2n) is 8.36. The van der Waals surface area contributed by atoms with Gasteiger partial charge in [-0.1, -0.05) is 38.1 Å². The molecule has 0 aliphatic carbocycles. The van der Waals surface area contributed by atoms with Crippen molar-refractivity contribution < 1.29 is 14.3 Å². The van der Waals surface area contributed by atoms with Gasteiger partial charge in [0.25, 0.3) is 5.91 Å². The number of methoxy groups -OCH3 is 1. The predicted molar refractivity (Wildman–Crippen MR) is 128 cm³/mol. The second-order valence-corrected chi connectivity index (χ2v) is 8.36. The summed E-state index contributed by atoms with van der Waals surface area (Å²) in [7, 11) is 3.43. The fourth-order valence-corrected chi connectivity index (χ4v) is 4.60. The minimum atomic E-state index is -0.771. The first-order chi connectivity index (χ1) is 15.9. The van der Waals surface area contributed by atoms with Gasteiger partial charge in [-0.15, -0.1) is 0 Å². The van der Waals surface area contributed by atoms with Crippen LogP contribution in [0.15, 0.2) is 42.5 Å². The SMILES string of the molecule is CCc1ccc([C@@H]2c3c(C)nn(C)c3NC(=O)[C@H]2NC(=O)c2ccc(OC)c(CC)c2)cc1. The van der Waals surface area contributed by atoms with E-state index in [1.165, 1.54) is 5.56 Å². The molecule has 0 saturated heterocycles. The lowest BCUT2D eigenvalue weighted by Crippen LogP contribution is -2.50. The van der Waals surface area contributed by atoms with Crippen LogP contribution in [0, 0.1) is 6.92 Å². The molecule has 33 heavy (non-hydrogen) atoms. The van der Waals surface area contributed by atoms with Gasteiger partial charge in [-0.2, -0.15) is 5.10 Å². The van der Waals surface area contributed by atoms with Crippen molar-refractivity contribution in [3.05, 3.63) is 76.0 Å². The Morgan fingerprint density at radius 2 is 1.88 bits per heavy atom. The number of nitrogens with zero attached hydrogens (tertiary/aromatic N) is 2. The zero-order valence-electron chi connectivity index (χ0n) is 19.7. The zero-order valence-corrected chi connectivity index (χ0v) is 19.7. The molecule has 0 fully saturated rings. The van der Waals surface area contributed by atoms with E-state index in [0.29, 0.717) is 11.4 Å². The van der Waals surface area contributed by atoms with Gasteiger partial charge < -0.3 is 15.4 Å². The van der Waals surface area contributed by atoms with E-state index in [2.05, 4.69) is 34.8 Å². The summed E-state index contributed by atoms with van der Waals surface area (Å²) in [5.41, 5.74) is 5.37. The number of carbonyl (C=O) groups is 2. The molecule has 172 valence electrons. The molecule has 0 radical (unpaired) electrons. The lowest BCUT2D eigenvalue weighted by atomic mass is 9.81. The summed E-state index contributed by atoms with van der Waals surface area (Å²) in [6, 6.07) is 12.8. The molecule has 1 aliphatic heterocycles. The van der Waals surface area contributed by atoms with Gasteiger partial charge >= 0.3 is 0 Å². The number of fused-ring (bicyclic) bond motifs is 1. The Morgan fingerprint density at radius 1 is 1.15 bits per heavy atom. The van der Waals surface area contributed by atoms with E-state index in [0.717, 1.165) is 41.0 Å². The monoisotopic (exact) mass is 446 g/mol. The summed E-state index contributed by atoms with van der Waals surface area (Å²) < 4.78 is 7.07. The van der Waals surface area contributed by atoms with Crippen molar-refractivity contribution in [1.82, 2.24) is 15.1 Å². The zero-order chi connectivity index (χ0) is 23.7. The normalized spacial score (nSPS) is 17.3. The summed E-state index contributed by atoms with van der Waals surface area (Å²) in [6.07, 6.45) is 1.67. The molecular formula is C26H30N4O3. The van der Waals surface area contributed by atoms with Crippen molar-refractivity contribution in [3.8, 4) is 5.75 Å². The molecule has 3 aromatic rings. The molecule has 2 atom stereocenters. The Balaban J connectivity index is 1.74. The molecule has 2 N–H and O–H groups in total. The Bertz CT molecular complexity index is 1200. The van der Waals surface area contributed by atoms with Crippen molar-refractivity contribution in [3.63, 3.8) is 0 Å². The van der Waals surface area contributed by atoms with E-state index in [-0.39, 0.29) is 17.7 Å². The van der Waals surface area contributed by atoms with Crippen LogP contribution in [0.2, 0.25) is 0 Å². The molecule has 0 unspecified atom stereocenters. The number of hydrogen-bond donors (Lipinski definition) is 2. The minimum Gasteiger partial charge on any atom is -0.496 e. The van der Waals surface area contributed by atoms with Crippen molar-refractivity contribution in [1.29, 1.82) is 0 Å². The Hall–Kier alpha value is -3.61. The molecule has 0 bridgehead atoms. The molecule has 1 aliphatic rings. The topological polar surface area (TPSA) is 85.3 Å². The van der Waals surface area contributed by atoms with Crippen LogP contribution in [0.1, 0.15) is 58.1 Å². The lowest BCUT2D eigenvalue weighted by Gasteiger charge is -2.32. The van der Waals surface area contributed by atoms with E-state index in [9.17, 15) is 9.59 Å². The van der Waals surface area contributed by atoms with Gasteiger partial charge in [-0.25, -0.2) is 0 Å². The molecule has 0 spiro atoms. The van der Waals surface area contributed by atoms with E-state index in [4.69, 9.17) is 4.74 Å². The van der Waals surface area contributed by atoms with Crippen molar-refractivity contribution in [2.45, 2.75) is 45.6 Å². The molecule has 4 rings (SSSR count). The summed E-state index contributed by atoms with van der Waals surface area (Å²) in [5.74, 6) is 0.515. The number of rotatable bonds is 6. The molecule has 2 aromatic carbocycles. The number of amides is 2. The van der Waals surface area contributed by atoms with E-state index >= 15 is 0 Å². The van der Waals surface area contributed by atoms with Crippen LogP contribution in [-0.2, 0) is 24.7 Å². The lowest BCUT2D eigenvalue weighted by molar-refractivity contribution is -0.118. The largest absolute Gasteiger partial charge is 0.496 e. The van der Waals surface area contributed by atoms with Crippen molar-refractivity contribution in [2.75, 3.05) is 12.4 Å². The first-order valence-corrected chi connectivity index (χ1v) is 11.3. The highest BCUT2D eigenvalue weighted by Gasteiger charge is 2.41. The van der Waals surface area contributed by atoms with Gasteiger partial charge in [-0.3, -0.25) is 14.3 Å². The maximum absolute atomic E-state index is 13.3. The van der Waals surface area contributed by atoms with Gasteiger partial charge in [0.05, 0.1) is 12.8 Å². The number of carbonyl (C=O) groups excluding carboxylic acids is 2. The van der Waals surface area contributed by atoms with Crippen LogP contribution >= 0.6 is 0 Å². The molecule has 2 amide bonds. The third-order valence-electron chi connectivity index (χ3n) is 6.39. The first-order valence-electron chi connectivity index (χ1n) is 11.3. The third-order valence-corrected chi connectivity index (χ3v) is 6.39. The number of ether oxygens (including phenoxy) is 1. The van der Waals surface area contributed by atoms with E-state index < -0.39 is 6.04 Å². The average Bonchev–Trinajstić information content (AvgIpc) is 3.11. The van der Waals surface area contributed by atoms with Crippen molar-refractivity contribution >= 4 is 17.6 Å². The number of hydrogen-bond acceptors (Lipinski definition) is 4. The summed E-state index contributed by atoms with van der Waals surface area (Å²) in [6.45, 7) is 6.05. The number of nitrogens with one attached hydrogen (secondary N) is 2. The smallest absolute Gasteiger partial charge is 0.251 e. The summed E-state index contributed by atoms with van der Waals surface area (Å²) in [5, 5.41) is 10.5. The average molecular weight is 447 g/mol.